The zero-order chi connectivity index (χ0) is 26.2. The van der Waals surface area contributed by atoms with E-state index in [4.69, 9.17) is 9.72 Å². The molecular formula is C27H40N6O3. The van der Waals surface area contributed by atoms with Gasteiger partial charge in [-0.3, -0.25) is 4.99 Å². The van der Waals surface area contributed by atoms with Crippen molar-refractivity contribution in [1.82, 2.24) is 14.5 Å². The molecule has 0 amide bonds. The number of aryl methyl sites for hydroxylation is 1. The average molecular weight is 497 g/mol. The standard InChI is InChI=1S/C20H30N4O2.C7H10N2O/c1-3-24-18-10-9-16(19(25)26-4-2)15-17(18)22-20(24)21-11-8-14-23-12-6-5-7-13-23;1-3-4-7(2)8-5-6-9-10/h9-10,15H,3-8,11-14H2,1-2H3,(H,21,22);3-5H,1,6H2,2H3/b;7-4-,8-5?. The van der Waals surface area contributed by atoms with Gasteiger partial charge in [-0.1, -0.05) is 24.3 Å². The molecule has 36 heavy (non-hydrogen) atoms. The van der Waals surface area contributed by atoms with Crippen LogP contribution in [-0.2, 0) is 11.3 Å². The maximum atomic E-state index is 11.9. The van der Waals surface area contributed by atoms with Crippen molar-refractivity contribution >= 4 is 29.2 Å². The molecule has 0 saturated carbocycles. The highest BCUT2D eigenvalue weighted by Gasteiger charge is 2.14. The number of nitrogens with zero attached hydrogens (tertiary/aromatic N) is 5. The number of imidazole rings is 1. The van der Waals surface area contributed by atoms with Crippen molar-refractivity contribution in [2.45, 2.75) is 53.0 Å². The Balaban J connectivity index is 0.000000388. The van der Waals surface area contributed by atoms with E-state index in [0.717, 1.165) is 48.7 Å². The van der Waals surface area contributed by atoms with E-state index in [0.29, 0.717) is 12.2 Å². The van der Waals surface area contributed by atoms with E-state index in [2.05, 4.69) is 38.5 Å². The monoisotopic (exact) mass is 496 g/mol. The number of nitrogens with one attached hydrogen (secondary N) is 1. The second-order valence-corrected chi connectivity index (χ2v) is 8.45. The molecule has 1 aromatic carbocycles. The van der Waals surface area contributed by atoms with Crippen LogP contribution in [0.3, 0.4) is 0 Å². The molecule has 1 aromatic heterocycles. The summed E-state index contributed by atoms with van der Waals surface area (Å²) in [5, 5.41) is 6.09. The second kappa shape index (κ2) is 16.4. The SMILES string of the molecule is C=C/C=C(/C)N=CCN=O.CCOC(=O)c1ccc2c(c1)nc(NCCCN1CCCCC1)n2CC. The quantitative estimate of drug-likeness (QED) is 0.138. The van der Waals surface area contributed by atoms with Crippen LogP contribution < -0.4 is 5.32 Å². The van der Waals surface area contributed by atoms with Crippen molar-refractivity contribution < 1.29 is 9.53 Å². The van der Waals surface area contributed by atoms with Crippen molar-refractivity contribution in [3.05, 3.63) is 53.1 Å². The fourth-order valence-corrected chi connectivity index (χ4v) is 4.04. The third-order valence-corrected chi connectivity index (χ3v) is 5.77. The van der Waals surface area contributed by atoms with Gasteiger partial charge in [0, 0.05) is 25.0 Å². The van der Waals surface area contributed by atoms with Gasteiger partial charge in [-0.15, -0.1) is 0 Å². The number of hydrogen-bond donors (Lipinski definition) is 1. The molecule has 0 radical (unpaired) electrons. The Bertz CT molecular complexity index is 1040. The number of hydrogen-bond acceptors (Lipinski definition) is 8. The molecule has 0 unspecified atom stereocenters. The number of esters is 1. The number of allylic oxidation sites excluding steroid dienone is 3. The molecule has 1 aliphatic heterocycles. The molecule has 0 spiro atoms. The maximum Gasteiger partial charge on any atom is 0.338 e. The van der Waals surface area contributed by atoms with E-state index in [1.807, 2.05) is 32.0 Å². The molecule has 196 valence electrons. The first-order chi connectivity index (χ1) is 17.5. The Hall–Kier alpha value is -3.33. The molecule has 9 nitrogen and oxygen atoms in total. The molecular weight excluding hydrogens is 456 g/mol. The Kier molecular flexibility index (Phi) is 13.1. The van der Waals surface area contributed by atoms with Crippen LogP contribution in [0, 0.1) is 4.91 Å². The van der Waals surface area contributed by atoms with E-state index in [1.54, 1.807) is 12.2 Å². The van der Waals surface area contributed by atoms with Gasteiger partial charge in [-0.05, 0) is 83.9 Å². The number of fused-ring (bicyclic) bond motifs is 1. The molecule has 1 fully saturated rings. The summed E-state index contributed by atoms with van der Waals surface area (Å²) in [7, 11) is 0. The molecule has 2 aromatic rings. The number of aromatic nitrogens is 2. The predicted octanol–water partition coefficient (Wildman–Crippen LogP) is 5.43. The number of ether oxygens (including phenoxy) is 1. The highest BCUT2D eigenvalue weighted by molar-refractivity contribution is 5.94. The summed E-state index contributed by atoms with van der Waals surface area (Å²) in [5.74, 6) is 0.582. The first-order valence-electron chi connectivity index (χ1n) is 12.8. The highest BCUT2D eigenvalue weighted by atomic mass is 16.5. The van der Waals surface area contributed by atoms with Crippen LogP contribution in [0.2, 0.25) is 0 Å². The number of carbonyl (C=O) groups is 1. The van der Waals surface area contributed by atoms with Crippen LogP contribution in [0.15, 0.2) is 52.8 Å². The number of rotatable bonds is 12. The van der Waals surface area contributed by atoms with Gasteiger partial charge in [0.1, 0.15) is 6.54 Å². The molecule has 1 N–H and O–H groups in total. The van der Waals surface area contributed by atoms with Crippen LogP contribution >= 0.6 is 0 Å². The first-order valence-corrected chi connectivity index (χ1v) is 12.8. The number of aliphatic imine (C=N–C) groups is 1. The van der Waals surface area contributed by atoms with Crippen molar-refractivity contribution in [1.29, 1.82) is 0 Å². The third-order valence-electron chi connectivity index (χ3n) is 5.77. The highest BCUT2D eigenvalue weighted by Crippen LogP contribution is 2.21. The normalized spacial score (nSPS) is 14.4. The number of carbonyl (C=O) groups excluding carboxylic acids is 1. The topological polar surface area (TPSA) is 101 Å². The van der Waals surface area contributed by atoms with Crippen LogP contribution in [0.4, 0.5) is 5.95 Å². The van der Waals surface area contributed by atoms with Crippen LogP contribution in [0.5, 0.6) is 0 Å². The number of nitroso groups, excluding NO2 is 1. The molecule has 1 saturated heterocycles. The van der Waals surface area contributed by atoms with E-state index in [1.165, 1.54) is 38.6 Å². The molecule has 1 aliphatic rings. The largest absolute Gasteiger partial charge is 0.462 e. The van der Waals surface area contributed by atoms with Gasteiger partial charge in [0.05, 0.1) is 23.2 Å². The van der Waals surface area contributed by atoms with Crippen molar-refractivity contribution in [2.24, 2.45) is 10.2 Å². The molecule has 3 rings (SSSR count). The summed E-state index contributed by atoms with van der Waals surface area (Å²) in [6.07, 6.45) is 10.0. The zero-order valence-electron chi connectivity index (χ0n) is 21.9. The lowest BCUT2D eigenvalue weighted by molar-refractivity contribution is 0.0526. The fourth-order valence-electron chi connectivity index (χ4n) is 4.04. The van der Waals surface area contributed by atoms with Crippen molar-refractivity contribution in [3.8, 4) is 0 Å². The number of piperidine rings is 1. The smallest absolute Gasteiger partial charge is 0.338 e. The minimum Gasteiger partial charge on any atom is -0.462 e. The second-order valence-electron chi connectivity index (χ2n) is 8.45. The lowest BCUT2D eigenvalue weighted by atomic mass is 10.1. The Morgan fingerprint density at radius 1 is 1.25 bits per heavy atom. The Labute approximate surface area is 214 Å². The summed E-state index contributed by atoms with van der Waals surface area (Å²) in [6.45, 7) is 15.1. The molecule has 2 heterocycles. The molecule has 9 heteroatoms. The zero-order valence-corrected chi connectivity index (χ0v) is 21.9. The van der Waals surface area contributed by atoms with Gasteiger partial charge in [-0.25, -0.2) is 9.78 Å². The van der Waals surface area contributed by atoms with Crippen LogP contribution in [-0.4, -0.2) is 66.0 Å². The Morgan fingerprint density at radius 2 is 2.03 bits per heavy atom. The third kappa shape index (κ3) is 9.37. The van der Waals surface area contributed by atoms with Crippen molar-refractivity contribution in [2.75, 3.05) is 44.6 Å². The van der Waals surface area contributed by atoms with Gasteiger partial charge in [0.25, 0.3) is 0 Å². The number of benzene rings is 1. The average Bonchev–Trinajstić information content (AvgIpc) is 3.24. The number of likely N-dealkylation sites (tertiary alicyclic amines) is 1. The first kappa shape index (κ1) is 28.9. The van der Waals surface area contributed by atoms with E-state index < -0.39 is 0 Å². The van der Waals surface area contributed by atoms with Gasteiger partial charge < -0.3 is 19.5 Å². The minimum absolute atomic E-state index is 0.127. The fraction of sp³-hybridized carbons (Fsp3) is 0.519. The van der Waals surface area contributed by atoms with E-state index in [9.17, 15) is 9.70 Å². The summed E-state index contributed by atoms with van der Waals surface area (Å²) >= 11 is 0. The van der Waals surface area contributed by atoms with Crippen LogP contribution in [0.25, 0.3) is 11.0 Å². The summed E-state index contributed by atoms with van der Waals surface area (Å²) in [6, 6.07) is 5.59. The predicted molar refractivity (Wildman–Crippen MR) is 148 cm³/mol. The Morgan fingerprint density at radius 3 is 2.69 bits per heavy atom. The van der Waals surface area contributed by atoms with Gasteiger partial charge >= 0.3 is 5.97 Å². The summed E-state index contributed by atoms with van der Waals surface area (Å²) in [4.78, 5) is 32.6. The van der Waals surface area contributed by atoms with E-state index in [-0.39, 0.29) is 12.5 Å². The van der Waals surface area contributed by atoms with Gasteiger partial charge in [0.15, 0.2) is 0 Å². The molecule has 0 aliphatic carbocycles. The van der Waals surface area contributed by atoms with Gasteiger partial charge in [0.2, 0.25) is 5.95 Å². The maximum absolute atomic E-state index is 11.9. The lowest BCUT2D eigenvalue weighted by Crippen LogP contribution is -2.31. The van der Waals surface area contributed by atoms with E-state index >= 15 is 0 Å². The summed E-state index contributed by atoms with van der Waals surface area (Å²) in [5.41, 5.74) is 3.24. The molecule has 0 atom stereocenters. The lowest BCUT2D eigenvalue weighted by Gasteiger charge is -2.26. The number of anilines is 1. The summed E-state index contributed by atoms with van der Waals surface area (Å²) < 4.78 is 7.24. The van der Waals surface area contributed by atoms with Crippen molar-refractivity contribution in [3.63, 3.8) is 0 Å². The molecule has 0 bridgehead atoms. The van der Waals surface area contributed by atoms with Crippen LogP contribution in [0.1, 0.15) is 56.8 Å². The van der Waals surface area contributed by atoms with Gasteiger partial charge in [-0.2, -0.15) is 4.91 Å². The minimum atomic E-state index is -0.295.